The van der Waals surface area contributed by atoms with Crippen molar-refractivity contribution in [3.8, 4) is 11.5 Å². The van der Waals surface area contributed by atoms with Crippen LogP contribution < -0.4 is 15.0 Å². The number of hydrogen-bond acceptors (Lipinski definition) is 6. The molecule has 0 amide bonds. The molecule has 1 saturated heterocycles. The molecular formula is C31H26N2O4. The zero-order valence-corrected chi connectivity index (χ0v) is 20.5. The number of aryl methyl sites for hydroxylation is 1. The summed E-state index contributed by atoms with van der Waals surface area (Å²) in [6.07, 6.45) is 0. The molecule has 0 saturated carbocycles. The molecule has 6 nitrogen and oxygen atoms in total. The van der Waals surface area contributed by atoms with Crippen molar-refractivity contribution in [1.82, 2.24) is 0 Å². The fraction of sp³-hybridized carbons (Fsp3) is 0.194. The van der Waals surface area contributed by atoms with Crippen molar-refractivity contribution >= 4 is 23.0 Å². The largest absolute Gasteiger partial charge is 0.456 e. The Morgan fingerprint density at radius 3 is 2.41 bits per heavy atom. The Balaban J connectivity index is 1.42. The molecule has 4 aromatic carbocycles. The summed E-state index contributed by atoms with van der Waals surface area (Å²) in [5.74, 6) is 1.06. The lowest BCUT2D eigenvalue weighted by Gasteiger charge is -2.38. The smallest absolute Gasteiger partial charge is 0.340 e. The van der Waals surface area contributed by atoms with E-state index in [-0.39, 0.29) is 5.97 Å². The lowest BCUT2D eigenvalue weighted by Crippen LogP contribution is -2.37. The van der Waals surface area contributed by atoms with Crippen molar-refractivity contribution in [2.75, 3.05) is 36.5 Å². The Bertz CT molecular complexity index is 1530. The van der Waals surface area contributed by atoms with Gasteiger partial charge >= 0.3 is 5.97 Å². The van der Waals surface area contributed by atoms with Gasteiger partial charge in [-0.2, -0.15) is 0 Å². The van der Waals surface area contributed by atoms with Crippen LogP contribution in [0.1, 0.15) is 32.6 Å². The zero-order chi connectivity index (χ0) is 25.0. The van der Waals surface area contributed by atoms with Crippen molar-refractivity contribution in [3.63, 3.8) is 0 Å². The maximum atomic E-state index is 13.2. The highest BCUT2D eigenvalue weighted by molar-refractivity contribution is 5.97. The molecule has 37 heavy (non-hydrogen) atoms. The zero-order valence-electron chi connectivity index (χ0n) is 20.5. The van der Waals surface area contributed by atoms with E-state index in [1.165, 1.54) is 0 Å². The quantitative estimate of drug-likeness (QED) is 0.348. The second-order valence-corrected chi connectivity index (χ2v) is 9.65. The summed E-state index contributed by atoms with van der Waals surface area (Å²) in [5.41, 5.74) is 5.96. The van der Waals surface area contributed by atoms with Gasteiger partial charge in [0, 0.05) is 52.9 Å². The molecule has 0 aromatic heterocycles. The van der Waals surface area contributed by atoms with Crippen LogP contribution in [0, 0.1) is 6.92 Å². The van der Waals surface area contributed by atoms with E-state index < -0.39 is 5.60 Å². The van der Waals surface area contributed by atoms with E-state index in [1.54, 1.807) is 0 Å². The van der Waals surface area contributed by atoms with E-state index in [2.05, 4.69) is 35.3 Å². The second kappa shape index (κ2) is 8.39. The molecule has 1 atom stereocenters. The number of esters is 1. The van der Waals surface area contributed by atoms with Crippen molar-refractivity contribution in [2.45, 2.75) is 12.5 Å². The highest BCUT2D eigenvalue weighted by Crippen LogP contribution is 2.57. The standard InChI is InChI=1S/C31H26N2O4/c1-20-17-28-26(19-27(20)32-21-7-3-2-4-8-21)31(24-10-6-5-9-23(24)30(34)37-31)25-12-11-22(18-29(25)36-28)33-13-15-35-16-14-33/h2-12,17-19,32H,13-16H2,1H3. The Morgan fingerprint density at radius 1 is 0.811 bits per heavy atom. The van der Waals surface area contributed by atoms with Gasteiger partial charge in [-0.3, -0.25) is 0 Å². The van der Waals surface area contributed by atoms with E-state index in [0.717, 1.165) is 52.4 Å². The molecule has 1 unspecified atom stereocenters. The Labute approximate surface area is 215 Å². The number of carbonyl (C=O) groups excluding carboxylic acids is 1. The molecule has 0 radical (unpaired) electrons. The number of nitrogens with zero attached hydrogens (tertiary/aromatic N) is 1. The second-order valence-electron chi connectivity index (χ2n) is 9.65. The van der Waals surface area contributed by atoms with Crippen molar-refractivity contribution in [3.05, 3.63) is 113 Å². The third-order valence-electron chi connectivity index (χ3n) is 7.47. The summed E-state index contributed by atoms with van der Waals surface area (Å²) in [5, 5.41) is 3.53. The fourth-order valence-electron chi connectivity index (χ4n) is 5.64. The molecule has 3 heterocycles. The van der Waals surface area contributed by atoms with E-state index >= 15 is 0 Å². The summed E-state index contributed by atoms with van der Waals surface area (Å²) >= 11 is 0. The van der Waals surface area contributed by atoms with Crippen LogP contribution >= 0.6 is 0 Å². The van der Waals surface area contributed by atoms with Crippen LogP contribution in [-0.4, -0.2) is 32.3 Å². The highest BCUT2D eigenvalue weighted by Gasteiger charge is 2.53. The maximum absolute atomic E-state index is 13.2. The third kappa shape index (κ3) is 3.40. The molecule has 1 spiro atoms. The molecule has 0 aliphatic carbocycles. The number of fused-ring (bicyclic) bond motifs is 6. The van der Waals surface area contributed by atoms with Crippen LogP contribution in [0.4, 0.5) is 17.1 Å². The van der Waals surface area contributed by atoms with Gasteiger partial charge < -0.3 is 24.4 Å². The van der Waals surface area contributed by atoms with Crippen LogP contribution in [0.15, 0.2) is 84.9 Å². The summed E-state index contributed by atoms with van der Waals surface area (Å²) in [4.78, 5) is 15.5. The van der Waals surface area contributed by atoms with E-state index in [4.69, 9.17) is 14.2 Å². The fourth-order valence-corrected chi connectivity index (χ4v) is 5.64. The lowest BCUT2D eigenvalue weighted by molar-refractivity contribution is 0.0224. The van der Waals surface area contributed by atoms with Gasteiger partial charge in [-0.15, -0.1) is 0 Å². The minimum absolute atomic E-state index is 0.329. The normalized spacial score (nSPS) is 19.5. The number of hydrogen-bond donors (Lipinski definition) is 1. The first-order valence-electron chi connectivity index (χ1n) is 12.6. The first kappa shape index (κ1) is 21.9. The minimum Gasteiger partial charge on any atom is -0.456 e. The van der Waals surface area contributed by atoms with Crippen LogP contribution in [0.2, 0.25) is 0 Å². The Hall–Kier alpha value is -4.29. The van der Waals surface area contributed by atoms with Gasteiger partial charge in [0.1, 0.15) is 11.5 Å². The van der Waals surface area contributed by atoms with Gasteiger partial charge in [0.05, 0.1) is 18.8 Å². The van der Waals surface area contributed by atoms with Crippen LogP contribution in [-0.2, 0) is 15.1 Å². The molecule has 6 heteroatoms. The van der Waals surface area contributed by atoms with E-state index in [1.807, 2.05) is 66.7 Å². The molecule has 3 aliphatic rings. The van der Waals surface area contributed by atoms with E-state index in [9.17, 15) is 4.79 Å². The first-order valence-corrected chi connectivity index (χ1v) is 12.6. The van der Waals surface area contributed by atoms with E-state index in [0.29, 0.717) is 30.3 Å². The van der Waals surface area contributed by atoms with Crippen LogP contribution in [0.25, 0.3) is 0 Å². The number of carbonyl (C=O) groups is 1. The topological polar surface area (TPSA) is 60.0 Å². The maximum Gasteiger partial charge on any atom is 0.340 e. The first-order chi connectivity index (χ1) is 18.1. The molecule has 3 aliphatic heterocycles. The monoisotopic (exact) mass is 490 g/mol. The van der Waals surface area contributed by atoms with Gasteiger partial charge in [-0.1, -0.05) is 36.4 Å². The molecule has 184 valence electrons. The Kier molecular flexibility index (Phi) is 4.98. The van der Waals surface area contributed by atoms with Gasteiger partial charge in [0.2, 0.25) is 0 Å². The van der Waals surface area contributed by atoms with Crippen molar-refractivity contribution in [2.24, 2.45) is 0 Å². The van der Waals surface area contributed by atoms with Gasteiger partial charge in [0.25, 0.3) is 0 Å². The van der Waals surface area contributed by atoms with Gasteiger partial charge in [0.15, 0.2) is 5.60 Å². The molecule has 1 fully saturated rings. The number of rotatable bonds is 3. The number of benzene rings is 4. The molecule has 7 rings (SSSR count). The number of nitrogens with one attached hydrogen (secondary N) is 1. The molecule has 1 N–H and O–H groups in total. The van der Waals surface area contributed by atoms with Gasteiger partial charge in [-0.25, -0.2) is 4.79 Å². The van der Waals surface area contributed by atoms with Crippen LogP contribution in [0.3, 0.4) is 0 Å². The molecular weight excluding hydrogens is 464 g/mol. The van der Waals surface area contributed by atoms with Crippen molar-refractivity contribution < 1.29 is 19.0 Å². The number of ether oxygens (including phenoxy) is 3. The Morgan fingerprint density at radius 2 is 1.57 bits per heavy atom. The summed E-state index contributed by atoms with van der Waals surface area (Å²) in [6, 6.07) is 28.0. The lowest BCUT2D eigenvalue weighted by atomic mass is 9.77. The predicted octanol–water partition coefficient (Wildman–Crippen LogP) is 6.14. The highest BCUT2D eigenvalue weighted by atomic mass is 16.6. The third-order valence-corrected chi connectivity index (χ3v) is 7.47. The van der Waals surface area contributed by atoms with Gasteiger partial charge in [-0.05, 0) is 55.0 Å². The predicted molar refractivity (Wildman–Crippen MR) is 142 cm³/mol. The van der Waals surface area contributed by atoms with Crippen molar-refractivity contribution in [1.29, 1.82) is 0 Å². The SMILES string of the molecule is Cc1cc2c(cc1Nc1ccccc1)C1(OC(=O)c3ccccc31)c1ccc(N3CCOCC3)cc1O2. The number of morpholine rings is 1. The number of para-hydroxylation sites is 1. The average Bonchev–Trinajstić information content (AvgIpc) is 3.23. The average molecular weight is 491 g/mol. The summed E-state index contributed by atoms with van der Waals surface area (Å²) < 4.78 is 18.5. The molecule has 0 bridgehead atoms. The summed E-state index contributed by atoms with van der Waals surface area (Å²) in [7, 11) is 0. The molecule has 4 aromatic rings. The minimum atomic E-state index is -1.10. The van der Waals surface area contributed by atoms with Crippen LogP contribution in [0.5, 0.6) is 11.5 Å². The number of anilines is 3. The summed E-state index contributed by atoms with van der Waals surface area (Å²) in [6.45, 7) is 5.10.